The van der Waals surface area contributed by atoms with Gasteiger partial charge in [-0.1, -0.05) is 20.8 Å². The van der Waals surface area contributed by atoms with E-state index < -0.39 is 10.0 Å². The third-order valence-electron chi connectivity index (χ3n) is 2.64. The van der Waals surface area contributed by atoms with Crippen molar-refractivity contribution in [3.8, 4) is 5.75 Å². The number of hydrogen-bond donors (Lipinski definition) is 1. The van der Waals surface area contributed by atoms with Gasteiger partial charge >= 0.3 is 0 Å². The fourth-order valence-corrected chi connectivity index (χ4v) is 2.37. The Morgan fingerprint density at radius 1 is 1.33 bits per heavy atom. The van der Waals surface area contributed by atoms with Gasteiger partial charge in [0.2, 0.25) is 10.0 Å². The molecule has 0 aromatic heterocycles. The van der Waals surface area contributed by atoms with Gasteiger partial charge in [0, 0.05) is 0 Å². The van der Waals surface area contributed by atoms with Crippen LogP contribution < -0.4 is 9.46 Å². The zero-order valence-electron chi connectivity index (χ0n) is 11.4. The van der Waals surface area contributed by atoms with Gasteiger partial charge in [-0.15, -0.1) is 0 Å². The van der Waals surface area contributed by atoms with Crippen LogP contribution in [0.25, 0.3) is 0 Å². The van der Waals surface area contributed by atoms with Gasteiger partial charge < -0.3 is 4.74 Å². The van der Waals surface area contributed by atoms with Gasteiger partial charge in [0.1, 0.15) is 5.75 Å². The molecule has 18 heavy (non-hydrogen) atoms. The average Bonchev–Trinajstić information content (AvgIpc) is 2.35. The molecule has 1 aromatic carbocycles. The SMILES string of the molecule is CCCOc1ccc(S(=O)(=O)NC)cc1C(C)C. The molecule has 0 unspecified atom stereocenters. The Labute approximate surface area is 109 Å². The fraction of sp³-hybridized carbons (Fsp3) is 0.538. The molecule has 0 fully saturated rings. The van der Waals surface area contributed by atoms with E-state index in [2.05, 4.69) is 4.72 Å². The lowest BCUT2D eigenvalue weighted by molar-refractivity contribution is 0.312. The van der Waals surface area contributed by atoms with Crippen molar-refractivity contribution in [3.05, 3.63) is 23.8 Å². The third kappa shape index (κ3) is 3.46. The van der Waals surface area contributed by atoms with Crippen LogP contribution >= 0.6 is 0 Å². The average molecular weight is 271 g/mol. The normalized spacial score (nSPS) is 11.8. The van der Waals surface area contributed by atoms with E-state index in [1.54, 1.807) is 18.2 Å². The molecule has 5 heteroatoms. The highest BCUT2D eigenvalue weighted by atomic mass is 32.2. The van der Waals surface area contributed by atoms with Gasteiger partial charge in [-0.05, 0) is 43.1 Å². The predicted molar refractivity (Wildman–Crippen MR) is 72.6 cm³/mol. The zero-order valence-corrected chi connectivity index (χ0v) is 12.2. The minimum Gasteiger partial charge on any atom is -0.493 e. The van der Waals surface area contributed by atoms with E-state index in [-0.39, 0.29) is 10.8 Å². The number of rotatable bonds is 6. The Bertz CT molecular complexity index is 495. The molecule has 4 nitrogen and oxygen atoms in total. The van der Waals surface area contributed by atoms with Crippen LogP contribution in [0.15, 0.2) is 23.1 Å². The number of nitrogens with one attached hydrogen (secondary N) is 1. The molecule has 1 N–H and O–H groups in total. The van der Waals surface area contributed by atoms with Crippen LogP contribution in [0, 0.1) is 0 Å². The van der Waals surface area contributed by atoms with Gasteiger partial charge in [-0.3, -0.25) is 0 Å². The summed E-state index contributed by atoms with van der Waals surface area (Å²) >= 11 is 0. The van der Waals surface area contributed by atoms with E-state index >= 15 is 0 Å². The number of ether oxygens (including phenoxy) is 1. The lowest BCUT2D eigenvalue weighted by Gasteiger charge is -2.15. The first-order valence-electron chi connectivity index (χ1n) is 6.12. The summed E-state index contributed by atoms with van der Waals surface area (Å²) in [5.41, 5.74) is 0.916. The van der Waals surface area contributed by atoms with Crippen LogP contribution in [0.2, 0.25) is 0 Å². The minimum atomic E-state index is -3.40. The largest absolute Gasteiger partial charge is 0.493 e. The molecule has 0 aliphatic rings. The van der Waals surface area contributed by atoms with Crippen LogP contribution in [-0.2, 0) is 10.0 Å². The third-order valence-corrected chi connectivity index (χ3v) is 4.06. The Morgan fingerprint density at radius 3 is 2.50 bits per heavy atom. The summed E-state index contributed by atoms with van der Waals surface area (Å²) in [5.74, 6) is 0.978. The maximum absolute atomic E-state index is 11.7. The van der Waals surface area contributed by atoms with Crippen molar-refractivity contribution >= 4 is 10.0 Å². The first kappa shape index (κ1) is 15.0. The summed E-state index contributed by atoms with van der Waals surface area (Å²) in [7, 11) is -1.99. The van der Waals surface area contributed by atoms with Crippen LogP contribution in [-0.4, -0.2) is 22.1 Å². The van der Waals surface area contributed by atoms with Crippen molar-refractivity contribution in [1.82, 2.24) is 4.72 Å². The van der Waals surface area contributed by atoms with Crippen molar-refractivity contribution in [2.45, 2.75) is 38.0 Å². The number of sulfonamides is 1. The summed E-state index contributed by atoms with van der Waals surface area (Å²) < 4.78 is 31.4. The summed E-state index contributed by atoms with van der Waals surface area (Å²) in [5, 5.41) is 0. The monoisotopic (exact) mass is 271 g/mol. The van der Waals surface area contributed by atoms with E-state index in [9.17, 15) is 8.42 Å². The molecule has 0 aliphatic heterocycles. The van der Waals surface area contributed by atoms with Gasteiger partial charge in [0.15, 0.2) is 0 Å². The standard InChI is InChI=1S/C13H21NO3S/c1-5-8-17-13-7-6-11(18(15,16)14-4)9-12(13)10(2)3/h6-7,9-10,14H,5,8H2,1-4H3. The van der Waals surface area contributed by atoms with E-state index in [0.29, 0.717) is 6.61 Å². The maximum atomic E-state index is 11.7. The Kier molecular flexibility index (Phi) is 5.16. The van der Waals surface area contributed by atoms with Crippen molar-refractivity contribution < 1.29 is 13.2 Å². The molecule has 0 spiro atoms. The summed E-state index contributed by atoms with van der Waals surface area (Å²) in [4.78, 5) is 0.276. The Balaban J connectivity index is 3.19. The molecule has 0 radical (unpaired) electrons. The van der Waals surface area contributed by atoms with Crippen LogP contribution in [0.4, 0.5) is 0 Å². The van der Waals surface area contributed by atoms with Gasteiger partial charge in [0.25, 0.3) is 0 Å². The molecule has 0 amide bonds. The highest BCUT2D eigenvalue weighted by Crippen LogP contribution is 2.29. The highest BCUT2D eigenvalue weighted by molar-refractivity contribution is 7.89. The van der Waals surface area contributed by atoms with Gasteiger partial charge in [-0.25, -0.2) is 13.1 Å². The fourth-order valence-electron chi connectivity index (χ4n) is 1.61. The van der Waals surface area contributed by atoms with E-state index in [4.69, 9.17) is 4.74 Å². The smallest absolute Gasteiger partial charge is 0.240 e. The number of benzene rings is 1. The summed E-state index contributed by atoms with van der Waals surface area (Å²) in [6, 6.07) is 4.99. The molecule has 0 heterocycles. The second kappa shape index (κ2) is 6.20. The highest BCUT2D eigenvalue weighted by Gasteiger charge is 2.16. The Morgan fingerprint density at radius 2 is 2.00 bits per heavy atom. The molecule has 102 valence electrons. The lowest BCUT2D eigenvalue weighted by Crippen LogP contribution is -2.18. The second-order valence-corrected chi connectivity index (χ2v) is 6.30. The maximum Gasteiger partial charge on any atom is 0.240 e. The molecule has 0 bridgehead atoms. The molecular weight excluding hydrogens is 250 g/mol. The summed E-state index contributed by atoms with van der Waals surface area (Å²) in [6.07, 6.45) is 0.925. The molecule has 0 saturated heterocycles. The van der Waals surface area contributed by atoms with Crippen molar-refractivity contribution in [1.29, 1.82) is 0 Å². The van der Waals surface area contributed by atoms with Gasteiger partial charge in [-0.2, -0.15) is 0 Å². The van der Waals surface area contributed by atoms with Crippen molar-refractivity contribution in [2.24, 2.45) is 0 Å². The van der Waals surface area contributed by atoms with Crippen molar-refractivity contribution in [2.75, 3.05) is 13.7 Å². The minimum absolute atomic E-state index is 0.212. The molecule has 0 atom stereocenters. The summed E-state index contributed by atoms with van der Waals surface area (Å²) in [6.45, 7) is 6.71. The van der Waals surface area contributed by atoms with Crippen LogP contribution in [0.1, 0.15) is 38.7 Å². The first-order chi connectivity index (χ1) is 8.42. The molecule has 0 saturated carbocycles. The molecular formula is C13H21NO3S. The van der Waals surface area contributed by atoms with Crippen LogP contribution in [0.3, 0.4) is 0 Å². The zero-order chi connectivity index (χ0) is 13.8. The molecule has 1 aromatic rings. The quantitative estimate of drug-likeness (QED) is 0.865. The number of hydrogen-bond acceptors (Lipinski definition) is 3. The van der Waals surface area contributed by atoms with Gasteiger partial charge in [0.05, 0.1) is 11.5 Å². The van der Waals surface area contributed by atoms with Crippen LogP contribution in [0.5, 0.6) is 5.75 Å². The second-order valence-electron chi connectivity index (χ2n) is 4.41. The van der Waals surface area contributed by atoms with E-state index in [1.165, 1.54) is 7.05 Å². The predicted octanol–water partition coefficient (Wildman–Crippen LogP) is 2.51. The Hall–Kier alpha value is -1.07. The molecule has 1 rings (SSSR count). The van der Waals surface area contributed by atoms with E-state index in [1.807, 2.05) is 20.8 Å². The first-order valence-corrected chi connectivity index (χ1v) is 7.61. The topological polar surface area (TPSA) is 55.4 Å². The molecule has 0 aliphatic carbocycles. The van der Waals surface area contributed by atoms with E-state index in [0.717, 1.165) is 17.7 Å². The lowest BCUT2D eigenvalue weighted by atomic mass is 10.0. The van der Waals surface area contributed by atoms with Crippen molar-refractivity contribution in [3.63, 3.8) is 0 Å².